The van der Waals surface area contributed by atoms with Crippen LogP contribution < -0.4 is 5.32 Å². The van der Waals surface area contributed by atoms with Crippen molar-refractivity contribution in [3.8, 4) is 0 Å². The molecule has 184 valence electrons. The number of carbonyl (C=O) groups excluding carboxylic acids is 1. The first kappa shape index (κ1) is 28.2. The second kappa shape index (κ2) is 8.84. The molecule has 1 N–H and O–H groups in total. The fourth-order valence-electron chi connectivity index (χ4n) is 2.64. The fourth-order valence-corrected chi connectivity index (χ4v) is 6.34. The molecule has 0 aliphatic carbocycles. The summed E-state index contributed by atoms with van der Waals surface area (Å²) in [6, 6.07) is 6.58. The Balaban J connectivity index is 3.79. The third kappa shape index (κ3) is 5.56. The van der Waals surface area contributed by atoms with Crippen molar-refractivity contribution >= 4 is 25.6 Å². The first-order chi connectivity index (χ1) is 14.1. The van der Waals surface area contributed by atoms with Crippen molar-refractivity contribution in [2.45, 2.75) is 61.7 Å². The Kier molecular flexibility index (Phi) is 7.79. The van der Waals surface area contributed by atoms with Crippen LogP contribution in [0, 0.1) is 5.41 Å². The molecule has 1 atom stereocenters. The van der Waals surface area contributed by atoms with Crippen LogP contribution in [0.5, 0.6) is 0 Å². The molecule has 0 bridgehead atoms. The lowest BCUT2D eigenvalue weighted by molar-refractivity contribution is -0.131. The zero-order valence-electron chi connectivity index (χ0n) is 17.5. The predicted molar refractivity (Wildman–Crippen MR) is 104 cm³/mol. The molecule has 1 aromatic carbocycles. The van der Waals surface area contributed by atoms with Gasteiger partial charge in [0.2, 0.25) is 5.91 Å². The summed E-state index contributed by atoms with van der Waals surface area (Å²) in [7, 11) is -13.7. The molecule has 0 fully saturated rings. The van der Waals surface area contributed by atoms with E-state index in [0.29, 0.717) is 0 Å². The number of rotatable bonds is 8. The quantitative estimate of drug-likeness (QED) is 0.532. The number of hydrogen-bond acceptors (Lipinski definition) is 5. The van der Waals surface area contributed by atoms with Crippen LogP contribution >= 0.6 is 0 Å². The maximum Gasteiger partial charge on any atom is 0.498 e. The largest absolute Gasteiger partial charge is 0.498 e. The maximum atomic E-state index is 13.2. The van der Waals surface area contributed by atoms with Crippen LogP contribution in [0.15, 0.2) is 30.3 Å². The van der Waals surface area contributed by atoms with Crippen LogP contribution in [0.2, 0.25) is 0 Å². The lowest BCUT2D eigenvalue weighted by Gasteiger charge is -2.37. The van der Waals surface area contributed by atoms with E-state index in [-0.39, 0.29) is 12.0 Å². The van der Waals surface area contributed by atoms with Crippen LogP contribution in [-0.2, 0) is 30.0 Å². The van der Waals surface area contributed by atoms with Crippen LogP contribution in [0.1, 0.15) is 46.1 Å². The molecule has 0 saturated carbocycles. The molecule has 0 radical (unpaired) electrons. The molecule has 0 saturated heterocycles. The summed E-state index contributed by atoms with van der Waals surface area (Å²) in [4.78, 5) is 12.7. The van der Waals surface area contributed by atoms with Crippen LogP contribution in [0.4, 0.5) is 26.3 Å². The van der Waals surface area contributed by atoms with Gasteiger partial charge in [0.1, 0.15) is 0 Å². The standard InChI is InChI=1S/C18H23F6NO5S2/c1-5-15(2,3)14(26)25-16(4,12-9-7-6-8-10-12)11-13(31(27,28)17(19,20)21)32(29,30)18(22,23)24/h6-10,13H,5,11H2,1-4H3,(H,25,26). The molecule has 14 heteroatoms. The van der Waals surface area contributed by atoms with Crippen molar-refractivity contribution in [2.75, 3.05) is 0 Å². The summed E-state index contributed by atoms with van der Waals surface area (Å²) in [6.45, 7) is 5.47. The van der Waals surface area contributed by atoms with E-state index >= 15 is 0 Å². The molecular weight excluding hydrogens is 488 g/mol. The molecule has 1 amide bonds. The SMILES string of the molecule is CCC(C)(C)C(=O)NC(C)(CC(S(=O)(=O)C(F)(F)F)S(=O)(=O)C(F)(F)F)c1ccccc1. The van der Waals surface area contributed by atoms with Gasteiger partial charge in [0.05, 0.1) is 5.54 Å². The molecule has 1 rings (SSSR count). The van der Waals surface area contributed by atoms with E-state index in [2.05, 4.69) is 5.32 Å². The maximum absolute atomic E-state index is 13.2. The van der Waals surface area contributed by atoms with Crippen LogP contribution in [0.25, 0.3) is 0 Å². The monoisotopic (exact) mass is 511 g/mol. The first-order valence-corrected chi connectivity index (χ1v) is 12.2. The molecule has 0 aliphatic heterocycles. The fraction of sp³-hybridized carbons (Fsp3) is 0.611. The normalized spacial score (nSPS) is 16.0. The molecule has 0 heterocycles. The van der Waals surface area contributed by atoms with Crippen LogP contribution in [0.3, 0.4) is 0 Å². The highest BCUT2D eigenvalue weighted by atomic mass is 32.3. The summed E-state index contributed by atoms with van der Waals surface area (Å²) >= 11 is 0. The van der Waals surface area contributed by atoms with Crippen molar-refractivity contribution in [2.24, 2.45) is 5.41 Å². The Morgan fingerprint density at radius 2 is 1.28 bits per heavy atom. The molecule has 6 nitrogen and oxygen atoms in total. The minimum atomic E-state index is -6.86. The zero-order chi connectivity index (χ0) is 25.4. The van der Waals surface area contributed by atoms with E-state index in [1.807, 2.05) is 0 Å². The van der Waals surface area contributed by atoms with Crippen molar-refractivity contribution in [3.05, 3.63) is 35.9 Å². The molecule has 1 aromatic rings. The Morgan fingerprint density at radius 3 is 1.62 bits per heavy atom. The van der Waals surface area contributed by atoms with Gasteiger partial charge in [-0.05, 0) is 18.9 Å². The van der Waals surface area contributed by atoms with Gasteiger partial charge in [-0.15, -0.1) is 0 Å². The minimum Gasteiger partial charge on any atom is -0.346 e. The third-order valence-corrected chi connectivity index (χ3v) is 9.74. The van der Waals surface area contributed by atoms with Crippen molar-refractivity contribution in [1.82, 2.24) is 5.32 Å². The molecule has 0 aliphatic rings. The van der Waals surface area contributed by atoms with Gasteiger partial charge in [0.15, 0.2) is 4.58 Å². The lowest BCUT2D eigenvalue weighted by Crippen LogP contribution is -2.54. The van der Waals surface area contributed by atoms with Crippen LogP contribution in [-0.4, -0.2) is 38.3 Å². The Hall–Kier alpha value is -1.83. The van der Waals surface area contributed by atoms with Crippen molar-refractivity contribution < 1.29 is 48.0 Å². The van der Waals surface area contributed by atoms with Gasteiger partial charge >= 0.3 is 11.0 Å². The van der Waals surface area contributed by atoms with E-state index in [9.17, 15) is 48.0 Å². The summed E-state index contributed by atoms with van der Waals surface area (Å²) in [5, 5.41) is 2.28. The highest BCUT2D eigenvalue weighted by molar-refractivity contribution is 8.09. The van der Waals surface area contributed by atoms with Gasteiger partial charge in [-0.2, -0.15) is 26.3 Å². The molecular formula is C18H23F6NO5S2. The second-order valence-electron chi connectivity index (χ2n) is 8.00. The first-order valence-electron chi connectivity index (χ1n) is 9.12. The van der Waals surface area contributed by atoms with Crippen molar-refractivity contribution in [1.29, 1.82) is 0 Å². The molecule has 1 unspecified atom stereocenters. The van der Waals surface area contributed by atoms with E-state index in [1.165, 1.54) is 44.2 Å². The highest BCUT2D eigenvalue weighted by Crippen LogP contribution is 2.42. The highest BCUT2D eigenvalue weighted by Gasteiger charge is 2.64. The van der Waals surface area contributed by atoms with Crippen molar-refractivity contribution in [3.63, 3.8) is 0 Å². The Labute approximate surface area is 182 Å². The molecule has 32 heavy (non-hydrogen) atoms. The van der Waals surface area contributed by atoms with E-state index in [4.69, 9.17) is 0 Å². The smallest absolute Gasteiger partial charge is 0.346 e. The van der Waals surface area contributed by atoms with Gasteiger partial charge in [0, 0.05) is 11.8 Å². The molecule has 0 spiro atoms. The van der Waals surface area contributed by atoms with Gasteiger partial charge in [-0.1, -0.05) is 51.1 Å². The number of carbonyl (C=O) groups is 1. The average molecular weight is 512 g/mol. The minimum absolute atomic E-state index is 0.0833. The van der Waals surface area contributed by atoms with Gasteiger partial charge < -0.3 is 5.32 Å². The number of amides is 1. The van der Waals surface area contributed by atoms with E-state index in [0.717, 1.165) is 6.92 Å². The summed E-state index contributed by atoms with van der Waals surface area (Å²) in [6.07, 6.45) is -1.51. The van der Waals surface area contributed by atoms with Gasteiger partial charge in [-0.25, -0.2) is 16.8 Å². The number of halogens is 6. The number of benzene rings is 1. The topological polar surface area (TPSA) is 97.4 Å². The number of sulfone groups is 2. The summed E-state index contributed by atoms with van der Waals surface area (Å²) in [5.41, 5.74) is -16.0. The number of nitrogens with one attached hydrogen (secondary N) is 1. The Morgan fingerprint density at radius 1 is 0.875 bits per heavy atom. The van der Waals surface area contributed by atoms with Gasteiger partial charge in [-0.3, -0.25) is 4.79 Å². The summed E-state index contributed by atoms with van der Waals surface area (Å²) in [5.74, 6) is -0.820. The zero-order valence-corrected chi connectivity index (χ0v) is 19.1. The average Bonchev–Trinajstić information content (AvgIpc) is 2.64. The van der Waals surface area contributed by atoms with E-state index in [1.54, 1.807) is 6.92 Å². The predicted octanol–water partition coefficient (Wildman–Crippen LogP) is 4.04. The summed E-state index contributed by atoms with van der Waals surface area (Å²) < 4.78 is 123. The third-order valence-electron chi connectivity index (χ3n) is 5.21. The number of hydrogen-bond donors (Lipinski definition) is 1. The second-order valence-corrected chi connectivity index (χ2v) is 12.5. The number of alkyl halides is 6. The molecule has 0 aromatic heterocycles. The van der Waals surface area contributed by atoms with Gasteiger partial charge in [0.25, 0.3) is 19.7 Å². The van der Waals surface area contributed by atoms with E-state index < -0.39 is 58.6 Å². The Bertz CT molecular complexity index is 990. The lowest BCUT2D eigenvalue weighted by atomic mass is 9.84.